The molecule has 3 N–H and O–H groups in total. The van der Waals surface area contributed by atoms with Gasteiger partial charge in [0.25, 0.3) is 0 Å². The van der Waals surface area contributed by atoms with E-state index >= 15 is 0 Å². The molecule has 0 amide bonds. The number of hydrogen-bond acceptors (Lipinski definition) is 6. The van der Waals surface area contributed by atoms with Crippen LogP contribution in [0.25, 0.3) is 0 Å². The van der Waals surface area contributed by atoms with Crippen molar-refractivity contribution in [2.24, 2.45) is 11.8 Å². The number of aromatic nitrogens is 2. The molecule has 6 nitrogen and oxygen atoms in total. The fraction of sp³-hybridized carbons (Fsp3) is 0.692. The van der Waals surface area contributed by atoms with E-state index in [4.69, 9.17) is 10.6 Å². The van der Waals surface area contributed by atoms with E-state index in [1.165, 1.54) is 25.7 Å². The van der Waals surface area contributed by atoms with E-state index in [0.717, 1.165) is 18.3 Å². The highest BCUT2D eigenvalue weighted by atomic mass is 16.5. The topological polar surface area (TPSA) is 76.3 Å². The summed E-state index contributed by atoms with van der Waals surface area (Å²) < 4.78 is 5.08. The first-order valence-electron chi connectivity index (χ1n) is 6.77. The highest BCUT2D eigenvalue weighted by Crippen LogP contribution is 2.26. The lowest BCUT2D eigenvalue weighted by molar-refractivity contribution is 0.178. The number of nitrogens with one attached hydrogen (secondary N) is 1. The van der Waals surface area contributed by atoms with E-state index in [2.05, 4.69) is 27.3 Å². The first-order valence-corrected chi connectivity index (χ1v) is 6.77. The first kappa shape index (κ1) is 14.0. The molecular formula is C13H23N5O. The monoisotopic (exact) mass is 265 g/mol. The summed E-state index contributed by atoms with van der Waals surface area (Å²) in [5, 5.41) is 0. The Kier molecular flexibility index (Phi) is 4.93. The van der Waals surface area contributed by atoms with Gasteiger partial charge >= 0.3 is 0 Å². The summed E-state index contributed by atoms with van der Waals surface area (Å²) in [6.45, 7) is 1.42. The zero-order valence-corrected chi connectivity index (χ0v) is 11.7. The summed E-state index contributed by atoms with van der Waals surface area (Å²) >= 11 is 0. The van der Waals surface area contributed by atoms with Crippen LogP contribution in [0.4, 0.5) is 11.6 Å². The molecule has 1 aromatic heterocycles. The molecule has 0 spiro atoms. The molecule has 0 aromatic carbocycles. The fourth-order valence-corrected chi connectivity index (χ4v) is 2.62. The van der Waals surface area contributed by atoms with Gasteiger partial charge in [-0.05, 0) is 18.8 Å². The summed E-state index contributed by atoms with van der Waals surface area (Å²) in [6, 6.07) is 1.87. The Hall–Kier alpha value is -1.40. The van der Waals surface area contributed by atoms with E-state index < -0.39 is 0 Å². The molecule has 1 fully saturated rings. The summed E-state index contributed by atoms with van der Waals surface area (Å²) in [5.74, 6) is 8.38. The Bertz CT molecular complexity index is 406. The van der Waals surface area contributed by atoms with Crippen molar-refractivity contribution < 1.29 is 4.74 Å². The van der Waals surface area contributed by atoms with Crippen LogP contribution >= 0.6 is 0 Å². The maximum atomic E-state index is 5.45. The van der Waals surface area contributed by atoms with Crippen molar-refractivity contribution in [2.75, 3.05) is 31.0 Å². The Morgan fingerprint density at radius 2 is 2.16 bits per heavy atom. The van der Waals surface area contributed by atoms with Gasteiger partial charge in [0.2, 0.25) is 0 Å². The van der Waals surface area contributed by atoms with Gasteiger partial charge in [-0.2, -0.15) is 0 Å². The van der Waals surface area contributed by atoms with Crippen molar-refractivity contribution in [1.29, 1.82) is 0 Å². The van der Waals surface area contributed by atoms with Crippen molar-refractivity contribution >= 4 is 11.6 Å². The number of anilines is 2. The Balaban J connectivity index is 2.09. The van der Waals surface area contributed by atoms with Crippen molar-refractivity contribution in [3.63, 3.8) is 0 Å². The van der Waals surface area contributed by atoms with E-state index in [-0.39, 0.29) is 0 Å². The second-order valence-electron chi connectivity index (χ2n) is 5.14. The minimum absolute atomic E-state index is 0.389. The molecule has 0 saturated heterocycles. The van der Waals surface area contributed by atoms with Crippen LogP contribution in [0.2, 0.25) is 0 Å². The number of rotatable bonds is 6. The summed E-state index contributed by atoms with van der Waals surface area (Å²) in [6.07, 6.45) is 5.35. The van der Waals surface area contributed by atoms with Gasteiger partial charge < -0.3 is 15.1 Å². The van der Waals surface area contributed by atoms with Gasteiger partial charge in [-0.3, -0.25) is 0 Å². The number of nitrogen functional groups attached to an aromatic ring is 1. The van der Waals surface area contributed by atoms with Crippen LogP contribution in [0.5, 0.6) is 0 Å². The maximum Gasteiger partial charge on any atom is 0.158 e. The SMILES string of the molecule is COCc1nc(NN)cc(N(C)CC2CCCC2)n1. The number of methoxy groups -OCH3 is 1. The van der Waals surface area contributed by atoms with Crippen molar-refractivity contribution in [3.05, 3.63) is 11.9 Å². The Morgan fingerprint density at radius 1 is 1.42 bits per heavy atom. The molecule has 0 aliphatic heterocycles. The predicted octanol–water partition coefficient (Wildman–Crippen LogP) is 1.53. The smallest absolute Gasteiger partial charge is 0.158 e. The highest BCUT2D eigenvalue weighted by molar-refractivity contribution is 5.48. The molecule has 0 radical (unpaired) electrons. The van der Waals surface area contributed by atoms with Crippen LogP contribution in [-0.2, 0) is 11.3 Å². The zero-order chi connectivity index (χ0) is 13.7. The van der Waals surface area contributed by atoms with E-state index in [1.54, 1.807) is 7.11 Å². The Labute approximate surface area is 114 Å². The molecule has 0 bridgehead atoms. The summed E-state index contributed by atoms with van der Waals surface area (Å²) in [4.78, 5) is 10.9. The van der Waals surface area contributed by atoms with Gasteiger partial charge in [0, 0.05) is 26.8 Å². The van der Waals surface area contributed by atoms with E-state index in [1.807, 2.05) is 6.07 Å². The third-order valence-electron chi connectivity index (χ3n) is 3.58. The van der Waals surface area contributed by atoms with Crippen LogP contribution in [0, 0.1) is 5.92 Å². The molecular weight excluding hydrogens is 242 g/mol. The maximum absolute atomic E-state index is 5.45. The van der Waals surface area contributed by atoms with Crippen LogP contribution < -0.4 is 16.2 Å². The van der Waals surface area contributed by atoms with E-state index in [0.29, 0.717) is 18.2 Å². The van der Waals surface area contributed by atoms with Gasteiger partial charge in [-0.15, -0.1) is 0 Å². The lowest BCUT2D eigenvalue weighted by Gasteiger charge is -2.22. The van der Waals surface area contributed by atoms with Crippen LogP contribution in [0.3, 0.4) is 0 Å². The Morgan fingerprint density at radius 3 is 2.79 bits per heavy atom. The molecule has 1 aliphatic rings. The lowest BCUT2D eigenvalue weighted by atomic mass is 10.1. The number of nitrogens with two attached hydrogens (primary N) is 1. The molecule has 1 aromatic rings. The molecule has 6 heteroatoms. The third kappa shape index (κ3) is 3.78. The highest BCUT2D eigenvalue weighted by Gasteiger charge is 2.18. The summed E-state index contributed by atoms with van der Waals surface area (Å²) in [7, 11) is 3.70. The van der Waals surface area contributed by atoms with Crippen molar-refractivity contribution in [3.8, 4) is 0 Å². The molecule has 0 atom stereocenters. The van der Waals surface area contributed by atoms with Gasteiger partial charge in [0.05, 0.1) is 0 Å². The zero-order valence-electron chi connectivity index (χ0n) is 11.7. The van der Waals surface area contributed by atoms with Crippen molar-refractivity contribution in [2.45, 2.75) is 32.3 Å². The number of nitrogens with zero attached hydrogens (tertiary/aromatic N) is 3. The first-order chi connectivity index (χ1) is 9.22. The van der Waals surface area contributed by atoms with E-state index in [9.17, 15) is 0 Å². The summed E-state index contributed by atoms with van der Waals surface area (Å²) in [5.41, 5.74) is 2.58. The van der Waals surface area contributed by atoms with Gasteiger partial charge in [-0.1, -0.05) is 12.8 Å². The lowest BCUT2D eigenvalue weighted by Crippen LogP contribution is -2.26. The van der Waals surface area contributed by atoms with Gasteiger partial charge in [-0.25, -0.2) is 15.8 Å². The van der Waals surface area contributed by atoms with Crippen LogP contribution in [-0.4, -0.2) is 30.7 Å². The second-order valence-corrected chi connectivity index (χ2v) is 5.14. The number of ether oxygens (including phenoxy) is 1. The normalized spacial score (nSPS) is 15.7. The number of hydrogen-bond donors (Lipinski definition) is 2. The molecule has 1 heterocycles. The molecule has 1 saturated carbocycles. The standard InChI is InChI=1S/C13H23N5O/c1-18(8-10-5-3-4-6-10)13-7-11(17-14)15-12(16-13)9-19-2/h7,10H,3-6,8-9,14H2,1-2H3,(H,15,16,17). The average Bonchev–Trinajstić information content (AvgIpc) is 2.91. The largest absolute Gasteiger partial charge is 0.377 e. The van der Waals surface area contributed by atoms with Crippen LogP contribution in [0.15, 0.2) is 6.07 Å². The predicted molar refractivity (Wildman–Crippen MR) is 75.8 cm³/mol. The molecule has 1 aliphatic carbocycles. The molecule has 2 rings (SSSR count). The van der Waals surface area contributed by atoms with Crippen molar-refractivity contribution in [1.82, 2.24) is 9.97 Å². The fourth-order valence-electron chi connectivity index (χ4n) is 2.62. The molecule has 0 unspecified atom stereocenters. The average molecular weight is 265 g/mol. The second kappa shape index (κ2) is 6.68. The quantitative estimate of drug-likeness (QED) is 0.600. The van der Waals surface area contributed by atoms with Crippen LogP contribution in [0.1, 0.15) is 31.5 Å². The minimum Gasteiger partial charge on any atom is -0.377 e. The van der Waals surface area contributed by atoms with Gasteiger partial charge in [0.1, 0.15) is 18.2 Å². The minimum atomic E-state index is 0.389. The van der Waals surface area contributed by atoms with Gasteiger partial charge in [0.15, 0.2) is 5.82 Å². The molecule has 106 valence electrons. The molecule has 19 heavy (non-hydrogen) atoms. The third-order valence-corrected chi connectivity index (χ3v) is 3.58. The number of hydrazine groups is 1.